The molecule has 6 heteroatoms. The maximum absolute atomic E-state index is 11.2. The van der Waals surface area contributed by atoms with Crippen LogP contribution in [0.4, 0.5) is 22.0 Å². The van der Waals surface area contributed by atoms with Crippen LogP contribution in [-0.2, 0) is 0 Å². The molecular formula is C3H2BrF5. The van der Waals surface area contributed by atoms with E-state index >= 15 is 0 Å². The molecule has 0 nitrogen and oxygen atoms in total. The first-order valence-electron chi connectivity index (χ1n) is 1.84. The van der Waals surface area contributed by atoms with Gasteiger partial charge < -0.3 is 0 Å². The molecule has 0 aliphatic heterocycles. The summed E-state index contributed by atoms with van der Waals surface area (Å²) in [7, 11) is 0. The fourth-order valence-electron chi connectivity index (χ4n) is 0.143. The Bertz CT molecular complexity index is 86.7. The van der Waals surface area contributed by atoms with Gasteiger partial charge >= 0.3 is 6.18 Å². The second kappa shape index (κ2) is 2.81. The summed E-state index contributed by atoms with van der Waals surface area (Å²) >= 11 is 1.79. The Labute approximate surface area is 56.2 Å². The Kier molecular flexibility index (Phi) is 2.85. The minimum Gasteiger partial charge on any atom is -0.209 e. The molecular weight excluding hydrogens is 211 g/mol. The number of hydrogen-bond acceptors (Lipinski definition) is 0. The number of hydrogen-bond donors (Lipinski definition) is 0. The van der Waals surface area contributed by atoms with Crippen molar-refractivity contribution in [3.8, 4) is 0 Å². The van der Waals surface area contributed by atoms with Crippen LogP contribution in [0.3, 0.4) is 0 Å². The molecule has 9 heavy (non-hydrogen) atoms. The predicted octanol–water partition coefficient (Wildman–Crippen LogP) is 2.58. The van der Waals surface area contributed by atoms with Gasteiger partial charge in [0.05, 0.1) is 0 Å². The minimum atomic E-state index is -4.85. The first-order chi connectivity index (χ1) is 3.85. The van der Waals surface area contributed by atoms with E-state index in [-0.39, 0.29) is 0 Å². The van der Waals surface area contributed by atoms with Crippen molar-refractivity contribution in [3.05, 3.63) is 0 Å². The average Bonchev–Trinajstić information content (AvgIpc) is 1.62. The molecule has 0 aliphatic carbocycles. The van der Waals surface area contributed by atoms with E-state index in [4.69, 9.17) is 0 Å². The summed E-state index contributed by atoms with van der Waals surface area (Å²) in [4.78, 5) is -2.70. The normalized spacial score (nSPS) is 16.3. The largest absolute Gasteiger partial charge is 0.406 e. The molecule has 0 fully saturated rings. The summed E-state index contributed by atoms with van der Waals surface area (Å²) in [6.07, 6.45) is -8.25. The highest BCUT2D eigenvalue weighted by atomic mass is 79.9. The van der Waals surface area contributed by atoms with Gasteiger partial charge in [-0.2, -0.15) is 13.2 Å². The molecule has 0 aromatic carbocycles. The Balaban J connectivity index is 3.88. The van der Waals surface area contributed by atoms with Gasteiger partial charge in [-0.3, -0.25) is 0 Å². The van der Waals surface area contributed by atoms with Crippen LogP contribution in [0, 0.1) is 0 Å². The lowest BCUT2D eigenvalue weighted by Crippen LogP contribution is -2.29. The van der Waals surface area contributed by atoms with Gasteiger partial charge in [0.25, 0.3) is 6.43 Å². The molecule has 0 rings (SSSR count). The van der Waals surface area contributed by atoms with Crippen LogP contribution in [0.25, 0.3) is 0 Å². The Hall–Kier alpha value is 0.130. The summed E-state index contributed by atoms with van der Waals surface area (Å²) in [5.41, 5.74) is 0. The molecule has 0 heterocycles. The van der Waals surface area contributed by atoms with E-state index in [9.17, 15) is 22.0 Å². The average molecular weight is 213 g/mol. The fourth-order valence-corrected chi connectivity index (χ4v) is 0.143. The first-order valence-corrected chi connectivity index (χ1v) is 2.76. The third-order valence-electron chi connectivity index (χ3n) is 0.534. The SMILES string of the molecule is FC(F)C(Br)C(F)(F)F. The van der Waals surface area contributed by atoms with Crippen molar-refractivity contribution in [3.63, 3.8) is 0 Å². The lowest BCUT2D eigenvalue weighted by molar-refractivity contribution is -0.149. The van der Waals surface area contributed by atoms with Crippen LogP contribution in [0.1, 0.15) is 0 Å². The van der Waals surface area contributed by atoms with Crippen LogP contribution < -0.4 is 0 Å². The summed E-state index contributed by atoms with van der Waals surface area (Å²) < 4.78 is 55.8. The van der Waals surface area contributed by atoms with E-state index in [0.717, 1.165) is 0 Å². The van der Waals surface area contributed by atoms with Gasteiger partial charge in [0, 0.05) is 0 Å². The van der Waals surface area contributed by atoms with Gasteiger partial charge in [0.15, 0.2) is 4.83 Å². The second-order valence-corrected chi connectivity index (χ2v) is 2.26. The zero-order valence-corrected chi connectivity index (χ0v) is 5.51. The molecule has 0 aromatic rings. The van der Waals surface area contributed by atoms with Crippen molar-refractivity contribution in [2.24, 2.45) is 0 Å². The highest BCUT2D eigenvalue weighted by Gasteiger charge is 2.43. The van der Waals surface area contributed by atoms with E-state index in [1.54, 1.807) is 15.9 Å². The summed E-state index contributed by atoms with van der Waals surface area (Å²) in [6.45, 7) is 0. The quantitative estimate of drug-likeness (QED) is 0.463. The second-order valence-electron chi connectivity index (χ2n) is 1.28. The summed E-state index contributed by atoms with van der Waals surface area (Å²) in [5, 5.41) is 0. The molecule has 0 radical (unpaired) electrons. The lowest BCUT2D eigenvalue weighted by Gasteiger charge is -2.11. The zero-order chi connectivity index (χ0) is 7.65. The van der Waals surface area contributed by atoms with Gasteiger partial charge in [-0.1, -0.05) is 15.9 Å². The number of rotatable bonds is 1. The molecule has 0 aromatic heterocycles. The molecule has 0 saturated heterocycles. The van der Waals surface area contributed by atoms with Crippen molar-refractivity contribution in [2.75, 3.05) is 0 Å². The van der Waals surface area contributed by atoms with Crippen molar-refractivity contribution in [2.45, 2.75) is 17.4 Å². The number of halogens is 6. The van der Waals surface area contributed by atoms with Gasteiger partial charge in [0.1, 0.15) is 0 Å². The topological polar surface area (TPSA) is 0 Å². The Morgan fingerprint density at radius 3 is 1.44 bits per heavy atom. The van der Waals surface area contributed by atoms with Crippen LogP contribution in [0.5, 0.6) is 0 Å². The molecule has 0 saturated carbocycles. The Morgan fingerprint density at radius 1 is 1.11 bits per heavy atom. The van der Waals surface area contributed by atoms with Gasteiger partial charge in [-0.25, -0.2) is 8.78 Å². The van der Waals surface area contributed by atoms with Gasteiger partial charge in [0.2, 0.25) is 0 Å². The highest BCUT2D eigenvalue weighted by molar-refractivity contribution is 9.09. The lowest BCUT2D eigenvalue weighted by atomic mass is 10.4. The molecule has 0 spiro atoms. The maximum atomic E-state index is 11.2. The fraction of sp³-hybridized carbons (Fsp3) is 1.00. The van der Waals surface area contributed by atoms with E-state index < -0.39 is 17.4 Å². The van der Waals surface area contributed by atoms with Crippen LogP contribution in [-0.4, -0.2) is 17.4 Å². The Morgan fingerprint density at radius 2 is 1.44 bits per heavy atom. The van der Waals surface area contributed by atoms with E-state index in [1.807, 2.05) is 0 Å². The monoisotopic (exact) mass is 212 g/mol. The number of alkyl halides is 6. The van der Waals surface area contributed by atoms with E-state index in [2.05, 4.69) is 0 Å². The van der Waals surface area contributed by atoms with E-state index in [1.165, 1.54) is 0 Å². The van der Waals surface area contributed by atoms with Crippen LogP contribution in [0.15, 0.2) is 0 Å². The third kappa shape index (κ3) is 2.98. The zero-order valence-electron chi connectivity index (χ0n) is 3.92. The van der Waals surface area contributed by atoms with E-state index in [0.29, 0.717) is 0 Å². The van der Waals surface area contributed by atoms with Crippen LogP contribution >= 0.6 is 15.9 Å². The molecule has 56 valence electrons. The summed E-state index contributed by atoms with van der Waals surface area (Å²) in [5.74, 6) is 0. The van der Waals surface area contributed by atoms with Crippen molar-refractivity contribution >= 4 is 15.9 Å². The highest BCUT2D eigenvalue weighted by Crippen LogP contribution is 2.30. The predicted molar refractivity (Wildman–Crippen MR) is 24.8 cm³/mol. The molecule has 1 atom stereocenters. The van der Waals surface area contributed by atoms with Crippen molar-refractivity contribution < 1.29 is 22.0 Å². The van der Waals surface area contributed by atoms with Gasteiger partial charge in [-0.15, -0.1) is 0 Å². The van der Waals surface area contributed by atoms with Crippen LogP contribution in [0.2, 0.25) is 0 Å². The molecule has 0 aliphatic rings. The first kappa shape index (κ1) is 9.13. The summed E-state index contributed by atoms with van der Waals surface area (Å²) in [6, 6.07) is 0. The molecule has 1 unspecified atom stereocenters. The molecule has 0 amide bonds. The third-order valence-corrected chi connectivity index (χ3v) is 1.45. The van der Waals surface area contributed by atoms with Crippen molar-refractivity contribution in [1.82, 2.24) is 0 Å². The van der Waals surface area contributed by atoms with Gasteiger partial charge in [-0.05, 0) is 0 Å². The standard InChI is InChI=1S/C3H2BrF5/c4-1(2(5)6)3(7,8)9/h1-2H. The minimum absolute atomic E-state index is 1.79. The van der Waals surface area contributed by atoms with Crippen molar-refractivity contribution in [1.29, 1.82) is 0 Å². The molecule has 0 bridgehead atoms. The smallest absolute Gasteiger partial charge is 0.209 e. The molecule has 0 N–H and O–H groups in total. The maximum Gasteiger partial charge on any atom is 0.406 e.